The summed E-state index contributed by atoms with van der Waals surface area (Å²) >= 11 is 0. The van der Waals surface area contributed by atoms with E-state index in [9.17, 15) is 4.39 Å². The Morgan fingerprint density at radius 2 is 2.07 bits per heavy atom. The molecule has 0 fully saturated rings. The van der Waals surface area contributed by atoms with Crippen LogP contribution in [0.1, 0.15) is 0 Å². The number of hydrogen-bond acceptors (Lipinski definition) is 3. The highest BCUT2D eigenvalue weighted by molar-refractivity contribution is 5.42. The van der Waals surface area contributed by atoms with Crippen LogP contribution < -0.4 is 11.1 Å². The normalized spacial score (nSPS) is 12.5. The predicted molar refractivity (Wildman–Crippen MR) is 54.7 cm³/mol. The highest BCUT2D eigenvalue weighted by atomic mass is 19.1. The largest absolute Gasteiger partial charge is 0.382 e. The number of nitrogens with two attached hydrogens (primary N) is 1. The number of benzene rings is 1. The lowest BCUT2D eigenvalue weighted by atomic mass is 10.3. The zero-order valence-corrected chi connectivity index (χ0v) is 8.16. The third-order valence-electron chi connectivity index (χ3n) is 1.97. The van der Waals surface area contributed by atoms with E-state index in [4.69, 9.17) is 10.5 Å². The number of ether oxygens (including phenoxy) is 1. The Labute approximate surface area is 83.1 Å². The summed E-state index contributed by atoms with van der Waals surface area (Å²) in [6, 6.07) is 6.18. The number of rotatable bonds is 5. The second-order valence-electron chi connectivity index (χ2n) is 2.98. The van der Waals surface area contributed by atoms with Gasteiger partial charge in [0.2, 0.25) is 0 Å². The molecule has 3 nitrogen and oxygen atoms in total. The number of hydrogen-bond donors (Lipinski definition) is 2. The zero-order valence-electron chi connectivity index (χ0n) is 8.16. The third-order valence-corrected chi connectivity index (χ3v) is 1.97. The van der Waals surface area contributed by atoms with Gasteiger partial charge >= 0.3 is 0 Å². The van der Waals surface area contributed by atoms with Gasteiger partial charge in [-0.15, -0.1) is 0 Å². The minimum Gasteiger partial charge on any atom is -0.382 e. The van der Waals surface area contributed by atoms with E-state index in [0.717, 1.165) is 5.69 Å². The van der Waals surface area contributed by atoms with Gasteiger partial charge in [0.15, 0.2) is 0 Å². The molecule has 14 heavy (non-hydrogen) atoms. The lowest BCUT2D eigenvalue weighted by molar-refractivity contribution is 0.120. The monoisotopic (exact) mass is 198 g/mol. The molecule has 0 heterocycles. The summed E-state index contributed by atoms with van der Waals surface area (Å²) in [6.45, 7) is 1.09. The van der Waals surface area contributed by atoms with Crippen LogP contribution in [0, 0.1) is 5.82 Å². The molecule has 0 aliphatic rings. The topological polar surface area (TPSA) is 47.3 Å². The molecule has 0 aromatic heterocycles. The van der Waals surface area contributed by atoms with Gasteiger partial charge in [-0.1, -0.05) is 0 Å². The van der Waals surface area contributed by atoms with Crippen LogP contribution in [-0.4, -0.2) is 26.3 Å². The smallest absolute Gasteiger partial charge is 0.123 e. The van der Waals surface area contributed by atoms with E-state index in [2.05, 4.69) is 5.32 Å². The Morgan fingerprint density at radius 1 is 1.43 bits per heavy atom. The molecule has 1 aromatic rings. The summed E-state index contributed by atoms with van der Waals surface area (Å²) in [6.07, 6.45) is -0.0138. The summed E-state index contributed by atoms with van der Waals surface area (Å²) in [5.74, 6) is -0.238. The average Bonchev–Trinajstić information content (AvgIpc) is 2.22. The van der Waals surface area contributed by atoms with E-state index in [1.807, 2.05) is 0 Å². The molecule has 0 saturated heterocycles. The first-order chi connectivity index (χ1) is 6.76. The van der Waals surface area contributed by atoms with E-state index in [1.54, 1.807) is 19.2 Å². The molecule has 78 valence electrons. The van der Waals surface area contributed by atoms with Crippen molar-refractivity contribution in [3.63, 3.8) is 0 Å². The van der Waals surface area contributed by atoms with Crippen molar-refractivity contribution in [2.75, 3.05) is 25.5 Å². The molecule has 0 spiro atoms. The van der Waals surface area contributed by atoms with Crippen molar-refractivity contribution in [2.24, 2.45) is 5.73 Å². The van der Waals surface area contributed by atoms with Gasteiger partial charge in [0.25, 0.3) is 0 Å². The highest BCUT2D eigenvalue weighted by Gasteiger charge is 2.03. The van der Waals surface area contributed by atoms with Crippen LogP contribution in [0.3, 0.4) is 0 Å². The van der Waals surface area contributed by atoms with Gasteiger partial charge in [-0.05, 0) is 24.3 Å². The first-order valence-electron chi connectivity index (χ1n) is 4.48. The van der Waals surface area contributed by atoms with Gasteiger partial charge in [-0.2, -0.15) is 0 Å². The fourth-order valence-electron chi connectivity index (χ4n) is 1.06. The second kappa shape index (κ2) is 5.57. The van der Waals surface area contributed by atoms with E-state index < -0.39 is 0 Å². The van der Waals surface area contributed by atoms with E-state index in [0.29, 0.717) is 13.1 Å². The van der Waals surface area contributed by atoms with Gasteiger partial charge < -0.3 is 15.8 Å². The zero-order chi connectivity index (χ0) is 10.4. The van der Waals surface area contributed by atoms with Crippen LogP contribution >= 0.6 is 0 Å². The molecular weight excluding hydrogens is 183 g/mol. The Hall–Kier alpha value is -1.13. The molecule has 3 N–H and O–H groups in total. The quantitative estimate of drug-likeness (QED) is 0.747. The van der Waals surface area contributed by atoms with Crippen molar-refractivity contribution < 1.29 is 9.13 Å². The summed E-state index contributed by atoms with van der Waals surface area (Å²) in [5, 5.41) is 3.10. The van der Waals surface area contributed by atoms with Crippen LogP contribution in [0.5, 0.6) is 0 Å². The summed E-state index contributed by atoms with van der Waals surface area (Å²) in [7, 11) is 1.61. The van der Waals surface area contributed by atoms with Crippen molar-refractivity contribution in [3.05, 3.63) is 30.1 Å². The Balaban J connectivity index is 2.41. The lowest BCUT2D eigenvalue weighted by Gasteiger charge is -2.14. The molecule has 0 aliphatic heterocycles. The van der Waals surface area contributed by atoms with E-state index in [1.165, 1.54) is 12.1 Å². The van der Waals surface area contributed by atoms with Crippen LogP contribution in [0.2, 0.25) is 0 Å². The molecular formula is C10H15FN2O. The lowest BCUT2D eigenvalue weighted by Crippen LogP contribution is -2.29. The molecule has 1 aromatic carbocycles. The number of halogens is 1. The molecule has 0 saturated carbocycles. The summed E-state index contributed by atoms with van der Waals surface area (Å²) in [5.41, 5.74) is 6.31. The second-order valence-corrected chi connectivity index (χ2v) is 2.98. The fraction of sp³-hybridized carbons (Fsp3) is 0.400. The van der Waals surface area contributed by atoms with E-state index >= 15 is 0 Å². The molecule has 1 rings (SSSR count). The van der Waals surface area contributed by atoms with E-state index in [-0.39, 0.29) is 11.9 Å². The maximum atomic E-state index is 12.5. The maximum Gasteiger partial charge on any atom is 0.123 e. The number of nitrogens with one attached hydrogen (secondary N) is 1. The van der Waals surface area contributed by atoms with Crippen molar-refractivity contribution in [2.45, 2.75) is 6.10 Å². The molecule has 4 heteroatoms. The first-order valence-corrected chi connectivity index (χ1v) is 4.48. The molecule has 0 radical (unpaired) electrons. The van der Waals surface area contributed by atoms with Gasteiger partial charge in [0, 0.05) is 25.9 Å². The molecule has 1 atom stereocenters. The van der Waals surface area contributed by atoms with Crippen LogP contribution in [0.25, 0.3) is 0 Å². The predicted octanol–water partition coefficient (Wildman–Crippen LogP) is 1.21. The Bertz CT molecular complexity index is 259. The fourth-order valence-corrected chi connectivity index (χ4v) is 1.06. The third kappa shape index (κ3) is 3.32. The minimum absolute atomic E-state index is 0.0138. The first kappa shape index (κ1) is 10.9. The standard InChI is InChI=1S/C10H15FN2O/c1-14-10(6-12)7-13-9-4-2-8(11)3-5-9/h2-5,10,13H,6-7,12H2,1H3. The summed E-state index contributed by atoms with van der Waals surface area (Å²) in [4.78, 5) is 0. The average molecular weight is 198 g/mol. The number of anilines is 1. The Morgan fingerprint density at radius 3 is 2.57 bits per heavy atom. The summed E-state index contributed by atoms with van der Waals surface area (Å²) < 4.78 is 17.6. The van der Waals surface area contributed by atoms with Gasteiger partial charge in [-0.25, -0.2) is 4.39 Å². The molecule has 1 unspecified atom stereocenters. The van der Waals surface area contributed by atoms with Gasteiger partial charge in [-0.3, -0.25) is 0 Å². The van der Waals surface area contributed by atoms with Crippen molar-refractivity contribution in [3.8, 4) is 0 Å². The van der Waals surface area contributed by atoms with Crippen molar-refractivity contribution in [1.29, 1.82) is 0 Å². The minimum atomic E-state index is -0.238. The maximum absolute atomic E-state index is 12.5. The number of methoxy groups -OCH3 is 1. The molecule has 0 aliphatic carbocycles. The van der Waals surface area contributed by atoms with Crippen LogP contribution in [0.15, 0.2) is 24.3 Å². The van der Waals surface area contributed by atoms with Gasteiger partial charge in [0.1, 0.15) is 5.82 Å². The van der Waals surface area contributed by atoms with Gasteiger partial charge in [0.05, 0.1) is 6.10 Å². The molecule has 0 bridgehead atoms. The van der Waals surface area contributed by atoms with Crippen LogP contribution in [0.4, 0.5) is 10.1 Å². The SMILES string of the molecule is COC(CN)CNc1ccc(F)cc1. The Kier molecular flexibility index (Phi) is 4.35. The molecule has 0 amide bonds. The van der Waals surface area contributed by atoms with Crippen molar-refractivity contribution in [1.82, 2.24) is 0 Å². The van der Waals surface area contributed by atoms with Crippen LogP contribution in [-0.2, 0) is 4.74 Å². The highest BCUT2D eigenvalue weighted by Crippen LogP contribution is 2.08. The van der Waals surface area contributed by atoms with Crippen molar-refractivity contribution >= 4 is 5.69 Å².